The van der Waals surface area contributed by atoms with Crippen molar-refractivity contribution in [3.8, 4) is 11.5 Å². The Labute approximate surface area is 209 Å². The third-order valence-electron chi connectivity index (χ3n) is 5.19. The van der Waals surface area contributed by atoms with Gasteiger partial charge in [-0.2, -0.15) is 17.6 Å². The molecule has 3 aromatic carbocycles. The minimum atomic E-state index is -4.29. The van der Waals surface area contributed by atoms with Gasteiger partial charge in [0.05, 0.1) is 18.0 Å². The number of hydrogen-bond acceptors (Lipinski definition) is 6. The summed E-state index contributed by atoms with van der Waals surface area (Å²) >= 11 is 0. The fourth-order valence-electron chi connectivity index (χ4n) is 3.72. The smallest absolute Gasteiger partial charge is 0.387 e. The summed E-state index contributed by atoms with van der Waals surface area (Å²) in [4.78, 5) is 0. The van der Waals surface area contributed by atoms with Gasteiger partial charge in [-0.1, -0.05) is 36.4 Å². The summed E-state index contributed by atoms with van der Waals surface area (Å²) < 4.78 is 102. The van der Waals surface area contributed by atoms with E-state index in [4.69, 9.17) is 5.73 Å². The van der Waals surface area contributed by atoms with Crippen molar-refractivity contribution >= 4 is 15.7 Å². The average molecular weight is 547 g/mol. The first kappa shape index (κ1) is 28.2. The normalized spacial score (nSPS) is 13.6. The summed E-state index contributed by atoms with van der Waals surface area (Å²) in [5.74, 6) is -1.55. The average Bonchev–Trinajstić information content (AvgIpc) is 2.77. The molecule has 200 valence electrons. The predicted molar refractivity (Wildman–Crippen MR) is 125 cm³/mol. The van der Waals surface area contributed by atoms with Crippen LogP contribution in [0.15, 0.2) is 66.7 Å². The van der Waals surface area contributed by atoms with E-state index in [1.807, 2.05) is 0 Å². The van der Waals surface area contributed by atoms with Gasteiger partial charge in [0.15, 0.2) is 5.82 Å². The Balaban J connectivity index is 2.24. The first-order valence-corrected chi connectivity index (χ1v) is 12.4. The summed E-state index contributed by atoms with van der Waals surface area (Å²) in [6.45, 7) is -5.09. The Kier molecular flexibility index (Phi) is 8.30. The lowest BCUT2D eigenvalue weighted by molar-refractivity contribution is -0.0505. The van der Waals surface area contributed by atoms with Crippen molar-refractivity contribution in [3.05, 3.63) is 89.2 Å². The number of sulfonamides is 1. The summed E-state index contributed by atoms with van der Waals surface area (Å²) in [5.41, 5.74) is 3.01. The van der Waals surface area contributed by atoms with Gasteiger partial charge in [-0.3, -0.25) is 10.0 Å². The van der Waals surface area contributed by atoms with Gasteiger partial charge in [-0.05, 0) is 48.4 Å². The molecule has 0 spiro atoms. The predicted octanol–water partition coefficient (Wildman–Crippen LogP) is 4.71. The van der Waals surface area contributed by atoms with E-state index in [0.717, 1.165) is 19.2 Å². The standard InChI is InChI=1S/C24H23F5N2O5S/c1-24(30,32)18-4-3-5-19(20(18)25)31(37(2,33)34)21(14-6-10-16(11-7-14)35-22(26)27)15-8-12-17(13-9-15)36-23(28)29/h3-13,21-23,32H,30H2,1-2H3. The second kappa shape index (κ2) is 10.9. The molecule has 7 nitrogen and oxygen atoms in total. The maximum atomic E-state index is 15.6. The van der Waals surface area contributed by atoms with Crippen LogP contribution in [0.2, 0.25) is 0 Å². The first-order chi connectivity index (χ1) is 17.2. The molecule has 0 radical (unpaired) electrons. The molecule has 0 aliphatic carbocycles. The zero-order valence-corrected chi connectivity index (χ0v) is 20.3. The molecule has 0 heterocycles. The van der Waals surface area contributed by atoms with Crippen molar-refractivity contribution in [2.24, 2.45) is 5.73 Å². The molecule has 0 aliphatic rings. The number of hydrogen-bond donors (Lipinski definition) is 2. The lowest BCUT2D eigenvalue weighted by Gasteiger charge is -2.34. The van der Waals surface area contributed by atoms with Crippen molar-refractivity contribution in [3.63, 3.8) is 0 Å². The molecule has 0 fully saturated rings. The molecule has 0 bridgehead atoms. The van der Waals surface area contributed by atoms with Crippen LogP contribution in [0.5, 0.6) is 11.5 Å². The van der Waals surface area contributed by atoms with Crippen LogP contribution >= 0.6 is 0 Å². The van der Waals surface area contributed by atoms with Gasteiger partial charge in [-0.25, -0.2) is 12.8 Å². The van der Waals surface area contributed by atoms with E-state index in [1.165, 1.54) is 60.7 Å². The van der Waals surface area contributed by atoms with Gasteiger partial charge in [0.2, 0.25) is 10.0 Å². The number of nitrogens with two attached hydrogens (primary N) is 1. The van der Waals surface area contributed by atoms with E-state index in [9.17, 15) is 31.1 Å². The SMILES string of the molecule is CC(N)(O)c1cccc(N(C(c2ccc(OC(F)F)cc2)c2ccc(OC(F)F)cc2)S(C)(=O)=O)c1F. The number of nitrogens with zero attached hydrogens (tertiary/aromatic N) is 1. The minimum Gasteiger partial charge on any atom is -0.435 e. The van der Waals surface area contributed by atoms with Crippen molar-refractivity contribution in [2.75, 3.05) is 10.6 Å². The molecule has 37 heavy (non-hydrogen) atoms. The number of ether oxygens (including phenoxy) is 2. The van der Waals surface area contributed by atoms with Crippen molar-refractivity contribution in [1.82, 2.24) is 0 Å². The molecule has 3 rings (SSSR count). The highest BCUT2D eigenvalue weighted by molar-refractivity contribution is 7.92. The Morgan fingerprint density at radius 1 is 0.865 bits per heavy atom. The van der Waals surface area contributed by atoms with Gasteiger partial charge < -0.3 is 14.6 Å². The number of benzene rings is 3. The molecule has 0 saturated carbocycles. The maximum absolute atomic E-state index is 15.6. The Morgan fingerprint density at radius 2 is 1.30 bits per heavy atom. The number of alkyl halides is 4. The molecule has 3 aromatic rings. The van der Waals surface area contributed by atoms with E-state index in [2.05, 4.69) is 9.47 Å². The monoisotopic (exact) mass is 546 g/mol. The van der Waals surface area contributed by atoms with Gasteiger partial charge >= 0.3 is 13.2 Å². The summed E-state index contributed by atoms with van der Waals surface area (Å²) in [6, 6.07) is 12.2. The molecule has 1 atom stereocenters. The minimum absolute atomic E-state index is 0.193. The summed E-state index contributed by atoms with van der Waals surface area (Å²) in [5, 5.41) is 10.2. The highest BCUT2D eigenvalue weighted by Crippen LogP contribution is 2.39. The van der Waals surface area contributed by atoms with Gasteiger partial charge in [0.25, 0.3) is 0 Å². The number of rotatable bonds is 10. The summed E-state index contributed by atoms with van der Waals surface area (Å²) in [6.07, 6.45) is 0.815. The topological polar surface area (TPSA) is 102 Å². The van der Waals surface area contributed by atoms with Crippen LogP contribution in [-0.4, -0.2) is 33.0 Å². The van der Waals surface area contributed by atoms with E-state index < -0.39 is 52.1 Å². The van der Waals surface area contributed by atoms with Crippen LogP contribution in [0.25, 0.3) is 0 Å². The lowest BCUT2D eigenvalue weighted by Crippen LogP contribution is -2.38. The van der Waals surface area contributed by atoms with Crippen molar-refractivity contribution in [1.29, 1.82) is 0 Å². The number of aliphatic hydroxyl groups is 1. The van der Waals surface area contributed by atoms with E-state index in [1.54, 1.807) is 0 Å². The third-order valence-corrected chi connectivity index (χ3v) is 6.32. The van der Waals surface area contributed by atoms with E-state index in [0.29, 0.717) is 4.31 Å². The van der Waals surface area contributed by atoms with Crippen LogP contribution in [0.3, 0.4) is 0 Å². The van der Waals surface area contributed by atoms with Gasteiger partial charge in [0, 0.05) is 5.56 Å². The molecule has 13 heteroatoms. The van der Waals surface area contributed by atoms with Gasteiger partial charge in [-0.15, -0.1) is 0 Å². The highest BCUT2D eigenvalue weighted by atomic mass is 32.2. The van der Waals surface area contributed by atoms with Crippen LogP contribution in [0.4, 0.5) is 27.6 Å². The molecular weight excluding hydrogens is 523 g/mol. The van der Waals surface area contributed by atoms with Crippen LogP contribution in [0, 0.1) is 5.82 Å². The molecule has 0 aliphatic heterocycles. The second-order valence-electron chi connectivity index (χ2n) is 8.14. The Morgan fingerprint density at radius 3 is 1.65 bits per heavy atom. The molecule has 3 N–H and O–H groups in total. The third kappa shape index (κ3) is 6.87. The molecule has 0 saturated heterocycles. The maximum Gasteiger partial charge on any atom is 0.387 e. The summed E-state index contributed by atoms with van der Waals surface area (Å²) in [7, 11) is -4.29. The molecule has 0 aromatic heterocycles. The van der Waals surface area contributed by atoms with Gasteiger partial charge in [0.1, 0.15) is 17.2 Å². The quantitative estimate of drug-likeness (QED) is 0.282. The zero-order chi connectivity index (χ0) is 27.5. The molecule has 1 unspecified atom stereocenters. The van der Waals surface area contributed by atoms with Crippen LogP contribution in [-0.2, 0) is 15.7 Å². The lowest BCUT2D eigenvalue weighted by atomic mass is 9.97. The van der Waals surface area contributed by atoms with E-state index >= 15 is 4.39 Å². The molecule has 0 amide bonds. The second-order valence-corrected chi connectivity index (χ2v) is 10.0. The molecular formula is C24H23F5N2O5S. The largest absolute Gasteiger partial charge is 0.435 e. The zero-order valence-electron chi connectivity index (χ0n) is 19.5. The Bertz CT molecular complexity index is 1260. The first-order valence-electron chi connectivity index (χ1n) is 10.6. The van der Waals surface area contributed by atoms with Crippen molar-refractivity contribution in [2.45, 2.75) is 31.9 Å². The number of halogens is 5. The fraction of sp³-hybridized carbons (Fsp3) is 0.250. The fourth-order valence-corrected chi connectivity index (χ4v) is 4.84. The highest BCUT2D eigenvalue weighted by Gasteiger charge is 2.34. The van der Waals surface area contributed by atoms with Crippen LogP contribution in [0.1, 0.15) is 29.7 Å². The van der Waals surface area contributed by atoms with E-state index in [-0.39, 0.29) is 22.6 Å². The number of anilines is 1. The van der Waals surface area contributed by atoms with Crippen LogP contribution < -0.4 is 19.5 Å². The van der Waals surface area contributed by atoms with Crippen molar-refractivity contribution < 1.29 is 45.0 Å². The Hall–Kier alpha value is -3.42.